The zero-order valence-corrected chi connectivity index (χ0v) is 10.0. The first kappa shape index (κ1) is 12.2. The lowest BCUT2D eigenvalue weighted by Crippen LogP contribution is -2.28. The highest BCUT2D eigenvalue weighted by Crippen LogP contribution is 2.10. The number of nitrogens with two attached hydrogens (primary N) is 1. The SMILES string of the molecule is Nc1ccccc1CC(=O)NCCn1ccnc1. The van der Waals surface area contributed by atoms with Crippen LogP contribution in [-0.2, 0) is 17.8 Å². The van der Waals surface area contributed by atoms with Crippen molar-refractivity contribution in [2.45, 2.75) is 13.0 Å². The Kier molecular flexibility index (Phi) is 3.96. The highest BCUT2D eigenvalue weighted by Gasteiger charge is 2.05. The van der Waals surface area contributed by atoms with Crippen molar-refractivity contribution in [1.29, 1.82) is 0 Å². The fourth-order valence-electron chi connectivity index (χ4n) is 1.67. The summed E-state index contributed by atoms with van der Waals surface area (Å²) in [6.45, 7) is 1.30. The van der Waals surface area contributed by atoms with E-state index in [4.69, 9.17) is 5.73 Å². The van der Waals surface area contributed by atoms with Gasteiger partial charge in [-0.15, -0.1) is 0 Å². The second-order valence-electron chi connectivity index (χ2n) is 4.03. The number of imidazole rings is 1. The lowest BCUT2D eigenvalue weighted by molar-refractivity contribution is -0.120. The quantitative estimate of drug-likeness (QED) is 0.765. The molecule has 2 rings (SSSR count). The summed E-state index contributed by atoms with van der Waals surface area (Å²) in [4.78, 5) is 15.6. The fourth-order valence-corrected chi connectivity index (χ4v) is 1.67. The number of rotatable bonds is 5. The minimum absolute atomic E-state index is 0.0204. The van der Waals surface area contributed by atoms with Gasteiger partial charge in [-0.2, -0.15) is 0 Å². The summed E-state index contributed by atoms with van der Waals surface area (Å²) in [6, 6.07) is 7.40. The van der Waals surface area contributed by atoms with Crippen LogP contribution in [0.2, 0.25) is 0 Å². The van der Waals surface area contributed by atoms with E-state index in [2.05, 4.69) is 10.3 Å². The van der Waals surface area contributed by atoms with E-state index < -0.39 is 0 Å². The molecule has 0 unspecified atom stereocenters. The molecule has 94 valence electrons. The molecule has 0 atom stereocenters. The van der Waals surface area contributed by atoms with Gasteiger partial charge in [0.1, 0.15) is 0 Å². The number of carbonyl (C=O) groups excluding carboxylic acids is 1. The van der Waals surface area contributed by atoms with Crippen LogP contribution in [0.3, 0.4) is 0 Å². The van der Waals surface area contributed by atoms with Crippen LogP contribution in [0.15, 0.2) is 43.0 Å². The minimum atomic E-state index is -0.0204. The highest BCUT2D eigenvalue weighted by molar-refractivity contribution is 5.80. The highest BCUT2D eigenvalue weighted by atomic mass is 16.1. The predicted molar refractivity (Wildman–Crippen MR) is 69.8 cm³/mol. The predicted octanol–water partition coefficient (Wildman–Crippen LogP) is 0.824. The number of carbonyl (C=O) groups is 1. The molecule has 1 amide bonds. The van der Waals surface area contributed by atoms with Gasteiger partial charge in [-0.1, -0.05) is 18.2 Å². The standard InChI is InChI=1S/C13H16N4O/c14-12-4-2-1-3-11(12)9-13(18)16-6-8-17-7-5-15-10-17/h1-5,7,10H,6,8-9,14H2,(H,16,18). The summed E-state index contributed by atoms with van der Waals surface area (Å²) in [5, 5.41) is 2.85. The molecule has 3 N–H and O–H groups in total. The Morgan fingerprint density at radius 1 is 1.39 bits per heavy atom. The average Bonchev–Trinajstić information content (AvgIpc) is 2.85. The molecule has 0 radical (unpaired) electrons. The molecule has 5 heteroatoms. The maximum absolute atomic E-state index is 11.7. The number of para-hydroxylation sites is 1. The van der Waals surface area contributed by atoms with Crippen molar-refractivity contribution in [1.82, 2.24) is 14.9 Å². The Hall–Kier alpha value is -2.30. The Morgan fingerprint density at radius 2 is 2.22 bits per heavy atom. The van der Waals surface area contributed by atoms with Crippen molar-refractivity contribution < 1.29 is 4.79 Å². The Labute approximate surface area is 106 Å². The van der Waals surface area contributed by atoms with E-state index in [9.17, 15) is 4.79 Å². The van der Waals surface area contributed by atoms with Gasteiger partial charge in [0.25, 0.3) is 0 Å². The van der Waals surface area contributed by atoms with Crippen LogP contribution in [0.4, 0.5) is 5.69 Å². The van der Waals surface area contributed by atoms with Crippen molar-refractivity contribution in [3.05, 3.63) is 48.5 Å². The molecule has 0 bridgehead atoms. The van der Waals surface area contributed by atoms with E-state index in [1.807, 2.05) is 29.0 Å². The minimum Gasteiger partial charge on any atom is -0.398 e. The molecular weight excluding hydrogens is 228 g/mol. The number of nitrogens with zero attached hydrogens (tertiary/aromatic N) is 2. The lowest BCUT2D eigenvalue weighted by atomic mass is 10.1. The van der Waals surface area contributed by atoms with Crippen molar-refractivity contribution in [2.24, 2.45) is 0 Å². The van der Waals surface area contributed by atoms with Gasteiger partial charge in [0.2, 0.25) is 5.91 Å². The molecule has 0 spiro atoms. The molecular formula is C13H16N4O. The second kappa shape index (κ2) is 5.86. The average molecular weight is 244 g/mol. The molecule has 1 aromatic carbocycles. The van der Waals surface area contributed by atoms with Gasteiger partial charge >= 0.3 is 0 Å². The van der Waals surface area contributed by atoms with Crippen LogP contribution < -0.4 is 11.1 Å². The van der Waals surface area contributed by atoms with Crippen LogP contribution >= 0.6 is 0 Å². The smallest absolute Gasteiger partial charge is 0.224 e. The van der Waals surface area contributed by atoms with Crippen molar-refractivity contribution in [3.63, 3.8) is 0 Å². The summed E-state index contributed by atoms with van der Waals surface area (Å²) in [6.07, 6.45) is 5.62. The van der Waals surface area contributed by atoms with E-state index in [-0.39, 0.29) is 5.91 Å². The van der Waals surface area contributed by atoms with Gasteiger partial charge in [-0.05, 0) is 11.6 Å². The van der Waals surface area contributed by atoms with E-state index in [1.54, 1.807) is 18.6 Å². The van der Waals surface area contributed by atoms with Crippen LogP contribution in [0.25, 0.3) is 0 Å². The van der Waals surface area contributed by atoms with Crippen LogP contribution in [0.1, 0.15) is 5.56 Å². The van der Waals surface area contributed by atoms with Crippen molar-refractivity contribution in [3.8, 4) is 0 Å². The summed E-state index contributed by atoms with van der Waals surface area (Å²) in [5.41, 5.74) is 7.30. The molecule has 5 nitrogen and oxygen atoms in total. The third-order valence-corrected chi connectivity index (χ3v) is 2.66. The molecule has 0 aliphatic carbocycles. The van der Waals surface area contributed by atoms with E-state index in [1.165, 1.54) is 0 Å². The summed E-state index contributed by atoms with van der Waals surface area (Å²) in [5.74, 6) is -0.0204. The summed E-state index contributed by atoms with van der Waals surface area (Å²) >= 11 is 0. The molecule has 1 heterocycles. The van der Waals surface area contributed by atoms with Gasteiger partial charge in [0.05, 0.1) is 12.7 Å². The third kappa shape index (κ3) is 3.35. The molecule has 2 aromatic rings. The molecule has 0 fully saturated rings. The number of benzene rings is 1. The number of hydrogen-bond acceptors (Lipinski definition) is 3. The first-order valence-corrected chi connectivity index (χ1v) is 5.81. The van der Waals surface area contributed by atoms with Gasteiger partial charge in [0.15, 0.2) is 0 Å². The fraction of sp³-hybridized carbons (Fsp3) is 0.231. The Balaban J connectivity index is 1.77. The van der Waals surface area contributed by atoms with Crippen molar-refractivity contribution in [2.75, 3.05) is 12.3 Å². The molecule has 0 saturated heterocycles. The Bertz CT molecular complexity index is 507. The summed E-state index contributed by atoms with van der Waals surface area (Å²) in [7, 11) is 0. The number of hydrogen-bond donors (Lipinski definition) is 2. The first-order valence-electron chi connectivity index (χ1n) is 5.81. The lowest BCUT2D eigenvalue weighted by Gasteiger charge is -2.07. The normalized spacial score (nSPS) is 10.2. The maximum Gasteiger partial charge on any atom is 0.224 e. The molecule has 1 aromatic heterocycles. The third-order valence-electron chi connectivity index (χ3n) is 2.66. The number of nitrogens with one attached hydrogen (secondary N) is 1. The van der Waals surface area contributed by atoms with Crippen LogP contribution in [0.5, 0.6) is 0 Å². The number of amides is 1. The molecule has 0 saturated carbocycles. The molecule has 0 aliphatic heterocycles. The Morgan fingerprint density at radius 3 is 2.94 bits per heavy atom. The van der Waals surface area contributed by atoms with Gasteiger partial charge in [0, 0.05) is 31.2 Å². The summed E-state index contributed by atoms with van der Waals surface area (Å²) < 4.78 is 1.91. The number of aromatic nitrogens is 2. The van der Waals surface area contributed by atoms with E-state index >= 15 is 0 Å². The van der Waals surface area contributed by atoms with E-state index in [0.717, 1.165) is 12.1 Å². The molecule has 0 aliphatic rings. The first-order chi connectivity index (χ1) is 8.75. The van der Waals surface area contributed by atoms with E-state index in [0.29, 0.717) is 18.7 Å². The zero-order valence-electron chi connectivity index (χ0n) is 10.0. The van der Waals surface area contributed by atoms with Crippen molar-refractivity contribution >= 4 is 11.6 Å². The van der Waals surface area contributed by atoms with Crippen LogP contribution in [-0.4, -0.2) is 22.0 Å². The molecule has 18 heavy (non-hydrogen) atoms. The van der Waals surface area contributed by atoms with Gasteiger partial charge in [-0.3, -0.25) is 4.79 Å². The zero-order chi connectivity index (χ0) is 12.8. The number of anilines is 1. The second-order valence-corrected chi connectivity index (χ2v) is 4.03. The monoisotopic (exact) mass is 244 g/mol. The van der Waals surface area contributed by atoms with Gasteiger partial charge in [-0.25, -0.2) is 4.98 Å². The number of nitrogen functional groups attached to an aromatic ring is 1. The maximum atomic E-state index is 11.7. The van der Waals surface area contributed by atoms with Gasteiger partial charge < -0.3 is 15.6 Å². The largest absolute Gasteiger partial charge is 0.398 e. The topological polar surface area (TPSA) is 72.9 Å². The van der Waals surface area contributed by atoms with Crippen LogP contribution in [0, 0.1) is 0 Å².